The van der Waals surface area contributed by atoms with Gasteiger partial charge in [0.05, 0.1) is 0 Å². The molecule has 106 valence electrons. The topological polar surface area (TPSA) is 0 Å². The number of aryl methyl sites for hydroxylation is 2. The highest BCUT2D eigenvalue weighted by Gasteiger charge is 2.27. The van der Waals surface area contributed by atoms with Crippen LogP contribution in [0.3, 0.4) is 0 Å². The average Bonchev–Trinajstić information content (AvgIpc) is 2.39. The van der Waals surface area contributed by atoms with E-state index in [0.29, 0.717) is 29.9 Å². The van der Waals surface area contributed by atoms with Crippen LogP contribution in [0.5, 0.6) is 0 Å². The molecule has 0 aromatic heterocycles. The minimum Gasteiger partial charge on any atom is -0.247 e. The van der Waals surface area contributed by atoms with Crippen molar-refractivity contribution in [2.45, 2.75) is 52.1 Å². The molecule has 3 atom stereocenters. The highest BCUT2D eigenvalue weighted by molar-refractivity contribution is 5.25. The van der Waals surface area contributed by atoms with Crippen molar-refractivity contribution in [3.63, 3.8) is 0 Å². The normalized spacial score (nSPS) is 27.5. The molecule has 0 bridgehead atoms. The van der Waals surface area contributed by atoms with E-state index in [1.807, 2.05) is 6.92 Å². The quantitative estimate of drug-likeness (QED) is 0.726. The van der Waals surface area contributed by atoms with Gasteiger partial charge in [-0.05, 0) is 62.0 Å². The monoisotopic (exact) mass is 270 g/mol. The summed E-state index contributed by atoms with van der Waals surface area (Å²) >= 11 is 0. The summed E-state index contributed by atoms with van der Waals surface area (Å²) in [4.78, 5) is 0. The van der Waals surface area contributed by atoms with Gasteiger partial charge in [-0.3, -0.25) is 0 Å². The van der Waals surface area contributed by atoms with Gasteiger partial charge in [-0.15, -0.1) is 0 Å². The second-order valence-corrected chi connectivity index (χ2v) is 5.88. The Hall–Kier alpha value is -0.990. The van der Waals surface area contributed by atoms with E-state index in [2.05, 4.69) is 0 Å². The Morgan fingerprint density at radius 2 is 1.89 bits per heavy atom. The highest BCUT2D eigenvalue weighted by atomic mass is 19.2. The van der Waals surface area contributed by atoms with E-state index in [1.54, 1.807) is 19.1 Å². The van der Waals surface area contributed by atoms with Crippen LogP contribution in [0, 0.1) is 30.4 Å². The van der Waals surface area contributed by atoms with Crippen molar-refractivity contribution >= 4 is 0 Å². The van der Waals surface area contributed by atoms with Crippen LogP contribution in [0.2, 0.25) is 0 Å². The van der Waals surface area contributed by atoms with E-state index in [4.69, 9.17) is 0 Å². The number of rotatable bonds is 3. The second kappa shape index (κ2) is 5.98. The molecule has 3 heteroatoms. The maximum absolute atomic E-state index is 13.7. The first-order valence-electron chi connectivity index (χ1n) is 7.06. The van der Waals surface area contributed by atoms with E-state index in [-0.39, 0.29) is 5.92 Å². The molecule has 0 nitrogen and oxygen atoms in total. The van der Waals surface area contributed by atoms with E-state index in [0.717, 1.165) is 19.3 Å². The summed E-state index contributed by atoms with van der Waals surface area (Å²) in [7, 11) is 0. The van der Waals surface area contributed by atoms with Crippen molar-refractivity contribution in [1.29, 1.82) is 0 Å². The van der Waals surface area contributed by atoms with Gasteiger partial charge in [0.1, 0.15) is 6.17 Å². The number of alkyl halides is 1. The third-order valence-electron chi connectivity index (χ3n) is 4.38. The molecular weight excluding hydrogens is 249 g/mol. The molecule has 0 spiro atoms. The Balaban J connectivity index is 1.94. The minimum absolute atomic E-state index is 0.143. The van der Waals surface area contributed by atoms with Crippen molar-refractivity contribution in [2.24, 2.45) is 11.8 Å². The van der Waals surface area contributed by atoms with Crippen LogP contribution in [-0.2, 0) is 6.42 Å². The minimum atomic E-state index is -0.752. The zero-order valence-electron chi connectivity index (χ0n) is 11.6. The lowest BCUT2D eigenvalue weighted by Crippen LogP contribution is -2.24. The average molecular weight is 270 g/mol. The van der Waals surface area contributed by atoms with Crippen LogP contribution in [0.1, 0.15) is 43.7 Å². The van der Waals surface area contributed by atoms with Crippen molar-refractivity contribution < 1.29 is 13.2 Å². The molecular formula is C16H21F3. The summed E-state index contributed by atoms with van der Waals surface area (Å²) in [5, 5.41) is 0. The maximum Gasteiger partial charge on any atom is 0.162 e. The predicted molar refractivity (Wildman–Crippen MR) is 70.8 cm³/mol. The summed E-state index contributed by atoms with van der Waals surface area (Å²) in [6, 6.07) is 3.25. The van der Waals surface area contributed by atoms with Crippen LogP contribution in [0.25, 0.3) is 0 Å². The third-order valence-corrected chi connectivity index (χ3v) is 4.38. The standard InChI is InChI=1S/C16H21F3/c1-10-3-5-12(9-14(10)17)6-8-13-7-4-11(2)15(18)16(13)19/h4,7,10,12,14H,3,5-6,8-9H2,1-2H3/t10-,12+,14?/m0/s1. The molecule has 1 saturated carbocycles. The zero-order valence-corrected chi connectivity index (χ0v) is 11.6. The fraction of sp³-hybridized carbons (Fsp3) is 0.625. The molecule has 1 aromatic carbocycles. The van der Waals surface area contributed by atoms with Crippen molar-refractivity contribution in [1.82, 2.24) is 0 Å². The van der Waals surface area contributed by atoms with Gasteiger partial charge in [-0.1, -0.05) is 19.1 Å². The van der Waals surface area contributed by atoms with E-state index < -0.39 is 17.8 Å². The zero-order chi connectivity index (χ0) is 14.0. The fourth-order valence-corrected chi connectivity index (χ4v) is 2.85. The first-order chi connectivity index (χ1) is 8.99. The van der Waals surface area contributed by atoms with Crippen LogP contribution in [0.15, 0.2) is 12.1 Å². The van der Waals surface area contributed by atoms with Crippen LogP contribution < -0.4 is 0 Å². The summed E-state index contributed by atoms with van der Waals surface area (Å²) in [6.07, 6.45) is 2.96. The molecule has 0 aliphatic heterocycles. The third kappa shape index (κ3) is 3.31. The second-order valence-electron chi connectivity index (χ2n) is 5.88. The van der Waals surface area contributed by atoms with Gasteiger partial charge in [0.25, 0.3) is 0 Å². The lowest BCUT2D eigenvalue weighted by Gasteiger charge is -2.29. The van der Waals surface area contributed by atoms with E-state index >= 15 is 0 Å². The lowest BCUT2D eigenvalue weighted by atomic mass is 9.79. The number of benzene rings is 1. The van der Waals surface area contributed by atoms with Crippen LogP contribution >= 0.6 is 0 Å². The Morgan fingerprint density at radius 1 is 1.16 bits per heavy atom. The molecule has 0 radical (unpaired) electrons. The Morgan fingerprint density at radius 3 is 2.58 bits per heavy atom. The van der Waals surface area contributed by atoms with Crippen molar-refractivity contribution in [2.75, 3.05) is 0 Å². The van der Waals surface area contributed by atoms with Gasteiger partial charge in [0, 0.05) is 0 Å². The number of halogens is 3. The molecule has 0 saturated heterocycles. The molecule has 1 aliphatic carbocycles. The fourth-order valence-electron chi connectivity index (χ4n) is 2.85. The van der Waals surface area contributed by atoms with Gasteiger partial charge >= 0.3 is 0 Å². The largest absolute Gasteiger partial charge is 0.247 e. The smallest absolute Gasteiger partial charge is 0.162 e. The first kappa shape index (κ1) is 14.4. The van der Waals surface area contributed by atoms with Gasteiger partial charge in [0.15, 0.2) is 11.6 Å². The SMILES string of the molecule is Cc1ccc(CC[C@H]2CC[C@H](C)C(F)C2)c(F)c1F. The molecule has 1 fully saturated rings. The van der Waals surface area contributed by atoms with Gasteiger partial charge in [-0.25, -0.2) is 13.2 Å². The molecule has 0 amide bonds. The van der Waals surface area contributed by atoms with Crippen molar-refractivity contribution in [3.8, 4) is 0 Å². The Labute approximate surface area is 113 Å². The summed E-state index contributed by atoms with van der Waals surface area (Å²) in [5.41, 5.74) is 0.744. The van der Waals surface area contributed by atoms with Crippen LogP contribution in [0.4, 0.5) is 13.2 Å². The molecule has 1 aromatic rings. The van der Waals surface area contributed by atoms with E-state index in [1.165, 1.54) is 0 Å². The maximum atomic E-state index is 13.7. The highest BCUT2D eigenvalue weighted by Crippen LogP contribution is 2.33. The summed E-state index contributed by atoms with van der Waals surface area (Å²) in [5.74, 6) is -1.04. The Kier molecular flexibility index (Phi) is 4.54. The molecule has 0 heterocycles. The predicted octanol–water partition coefficient (Wildman–Crippen LogP) is 4.98. The van der Waals surface area contributed by atoms with Crippen LogP contribution in [-0.4, -0.2) is 6.17 Å². The summed E-state index contributed by atoms with van der Waals surface area (Å²) in [6.45, 7) is 3.49. The van der Waals surface area contributed by atoms with Gasteiger partial charge in [-0.2, -0.15) is 0 Å². The molecule has 1 unspecified atom stereocenters. The number of hydrogen-bond acceptors (Lipinski definition) is 0. The first-order valence-corrected chi connectivity index (χ1v) is 7.06. The lowest BCUT2D eigenvalue weighted by molar-refractivity contribution is 0.133. The van der Waals surface area contributed by atoms with E-state index in [9.17, 15) is 13.2 Å². The Bertz CT molecular complexity index is 442. The summed E-state index contributed by atoms with van der Waals surface area (Å²) < 4.78 is 40.8. The molecule has 2 rings (SSSR count). The molecule has 1 aliphatic rings. The molecule has 19 heavy (non-hydrogen) atoms. The molecule has 0 N–H and O–H groups in total. The van der Waals surface area contributed by atoms with Gasteiger partial charge in [0.2, 0.25) is 0 Å². The van der Waals surface area contributed by atoms with Gasteiger partial charge < -0.3 is 0 Å². The number of hydrogen-bond donors (Lipinski definition) is 0. The van der Waals surface area contributed by atoms with Crippen molar-refractivity contribution in [3.05, 3.63) is 34.9 Å².